The van der Waals surface area contributed by atoms with Crippen LogP contribution in [0.25, 0.3) is 0 Å². The van der Waals surface area contributed by atoms with E-state index in [1.165, 1.54) is 13.2 Å². The van der Waals surface area contributed by atoms with Crippen molar-refractivity contribution in [1.82, 2.24) is 0 Å². The molecule has 0 spiro atoms. The molecule has 26 heavy (non-hydrogen) atoms. The Morgan fingerprint density at radius 3 is 1.65 bits per heavy atom. The van der Waals surface area contributed by atoms with E-state index in [-0.39, 0.29) is 11.9 Å². The summed E-state index contributed by atoms with van der Waals surface area (Å²) in [4.78, 5) is 39.3. The Kier molecular flexibility index (Phi) is 28.4. The van der Waals surface area contributed by atoms with Crippen LogP contribution in [0.5, 0.6) is 0 Å². The molecule has 8 nitrogen and oxygen atoms in total. The summed E-state index contributed by atoms with van der Waals surface area (Å²) in [6.07, 6.45) is 5.04. The zero-order valence-corrected chi connectivity index (χ0v) is 15.7. The number of methoxy groups -OCH3 is 1. The van der Waals surface area contributed by atoms with Crippen molar-refractivity contribution in [2.75, 3.05) is 13.7 Å². The lowest BCUT2D eigenvalue weighted by molar-refractivity contribution is -0.138. The van der Waals surface area contributed by atoms with Gasteiger partial charge >= 0.3 is 17.9 Å². The number of primary amides is 1. The van der Waals surface area contributed by atoms with Crippen molar-refractivity contribution >= 4 is 23.8 Å². The maximum absolute atomic E-state index is 10.3. The summed E-state index contributed by atoms with van der Waals surface area (Å²) >= 11 is 0. The van der Waals surface area contributed by atoms with Crippen LogP contribution < -0.4 is 5.73 Å². The van der Waals surface area contributed by atoms with Gasteiger partial charge in [0.1, 0.15) is 0 Å². The van der Waals surface area contributed by atoms with Crippen LogP contribution in [0, 0.1) is 0 Å². The highest BCUT2D eigenvalue weighted by Crippen LogP contribution is 1.88. The second kappa shape index (κ2) is 24.1. The number of ether oxygens (including phenoxy) is 2. The summed E-state index contributed by atoms with van der Waals surface area (Å²) in [5.74, 6) is -2.14. The van der Waals surface area contributed by atoms with E-state index >= 15 is 0 Å². The number of carboxylic acid groups (broad SMARTS) is 1. The average molecular weight is 371 g/mol. The van der Waals surface area contributed by atoms with E-state index in [4.69, 9.17) is 5.11 Å². The van der Waals surface area contributed by atoms with Gasteiger partial charge in [0, 0.05) is 17.7 Å². The zero-order valence-electron chi connectivity index (χ0n) is 15.7. The van der Waals surface area contributed by atoms with Crippen molar-refractivity contribution in [2.24, 2.45) is 5.73 Å². The highest BCUT2D eigenvalue weighted by molar-refractivity contribution is 5.86. The van der Waals surface area contributed by atoms with E-state index in [9.17, 15) is 19.2 Å². The molecule has 0 aromatic rings. The molecule has 0 saturated carbocycles. The number of carbonyl (C=O) groups excluding carboxylic acids is 3. The lowest BCUT2D eigenvalue weighted by Crippen LogP contribution is -2.04. The number of unbranched alkanes of at least 4 members (excludes halogenated alkanes) is 1. The number of hydrogen-bond donors (Lipinski definition) is 2. The van der Waals surface area contributed by atoms with Crippen LogP contribution in [-0.4, -0.2) is 42.6 Å². The van der Waals surface area contributed by atoms with Crippen LogP contribution in [-0.2, 0) is 28.7 Å². The maximum Gasteiger partial charge on any atom is 0.332 e. The van der Waals surface area contributed by atoms with E-state index in [0.29, 0.717) is 12.2 Å². The van der Waals surface area contributed by atoms with Gasteiger partial charge in [-0.2, -0.15) is 0 Å². The van der Waals surface area contributed by atoms with Crippen LogP contribution in [0.15, 0.2) is 50.1 Å². The van der Waals surface area contributed by atoms with E-state index in [2.05, 4.69) is 41.5 Å². The minimum absolute atomic E-state index is 0.330. The lowest BCUT2D eigenvalue weighted by Gasteiger charge is -1.97. The molecule has 1 amide bonds. The number of rotatable bonds is 7. The van der Waals surface area contributed by atoms with Gasteiger partial charge in [-0.05, 0) is 19.4 Å². The summed E-state index contributed by atoms with van der Waals surface area (Å²) in [5.41, 5.74) is 4.97. The van der Waals surface area contributed by atoms with Crippen LogP contribution in [0.2, 0.25) is 0 Å². The number of esters is 2. The lowest BCUT2D eigenvalue weighted by atomic mass is 10.4. The van der Waals surface area contributed by atoms with Crippen molar-refractivity contribution in [3.8, 4) is 0 Å². The summed E-state index contributed by atoms with van der Waals surface area (Å²) < 4.78 is 8.95. The van der Waals surface area contributed by atoms with Crippen molar-refractivity contribution in [3.05, 3.63) is 50.1 Å². The Morgan fingerprint density at radius 1 is 1.08 bits per heavy atom. The van der Waals surface area contributed by atoms with Gasteiger partial charge in [-0.25, -0.2) is 14.4 Å². The fraction of sp³-hybridized carbons (Fsp3) is 0.333. The monoisotopic (exact) mass is 371 g/mol. The Bertz CT molecular complexity index is 464. The molecule has 0 aliphatic heterocycles. The van der Waals surface area contributed by atoms with Crippen LogP contribution in [0.1, 0.15) is 26.7 Å². The van der Waals surface area contributed by atoms with Gasteiger partial charge in [-0.15, -0.1) is 0 Å². The van der Waals surface area contributed by atoms with E-state index in [1.54, 1.807) is 6.92 Å². The normalized spacial score (nSPS) is 7.50. The number of aliphatic carboxylic acids is 1. The van der Waals surface area contributed by atoms with E-state index in [0.717, 1.165) is 25.0 Å². The highest BCUT2D eigenvalue weighted by atomic mass is 16.5. The fourth-order valence-electron chi connectivity index (χ4n) is 0.550. The van der Waals surface area contributed by atoms with Crippen molar-refractivity contribution in [3.63, 3.8) is 0 Å². The molecule has 148 valence electrons. The van der Waals surface area contributed by atoms with E-state index in [1.807, 2.05) is 6.92 Å². The topological polar surface area (TPSA) is 133 Å². The summed E-state index contributed by atoms with van der Waals surface area (Å²) in [6.45, 7) is 16.8. The number of carboxylic acids is 1. The molecule has 0 rings (SSSR count). The minimum Gasteiger partial charge on any atom is -0.478 e. The molecule has 0 atom stereocenters. The molecule has 3 N–H and O–H groups in total. The molecule has 0 fully saturated rings. The number of amides is 1. The molecular formula is C18H29NO7. The first kappa shape index (κ1) is 30.7. The Morgan fingerprint density at radius 2 is 1.50 bits per heavy atom. The molecule has 0 saturated heterocycles. The number of nitrogens with two attached hydrogens (primary N) is 1. The first-order chi connectivity index (χ1) is 12.0. The van der Waals surface area contributed by atoms with Gasteiger partial charge in [0.15, 0.2) is 0 Å². The zero-order chi connectivity index (χ0) is 21.5. The second-order valence-corrected chi connectivity index (χ2v) is 4.15. The number of carbonyl (C=O) groups is 4. The summed E-state index contributed by atoms with van der Waals surface area (Å²) in [7, 11) is 1.33. The largest absolute Gasteiger partial charge is 0.478 e. The second-order valence-electron chi connectivity index (χ2n) is 4.15. The van der Waals surface area contributed by atoms with Crippen LogP contribution in [0.3, 0.4) is 0 Å². The molecule has 0 radical (unpaired) electrons. The van der Waals surface area contributed by atoms with Crippen LogP contribution in [0.4, 0.5) is 0 Å². The van der Waals surface area contributed by atoms with Gasteiger partial charge in [0.2, 0.25) is 5.91 Å². The minimum atomic E-state index is -0.981. The molecule has 0 aromatic heterocycles. The first-order valence-corrected chi connectivity index (χ1v) is 7.34. The van der Waals surface area contributed by atoms with Crippen LogP contribution >= 0.6 is 0 Å². The summed E-state index contributed by atoms with van der Waals surface area (Å²) in [6, 6.07) is 0. The van der Waals surface area contributed by atoms with Crippen molar-refractivity contribution < 1.29 is 33.8 Å². The third-order valence-corrected chi connectivity index (χ3v) is 1.82. The third kappa shape index (κ3) is 42.8. The standard InChI is InChI=1S/C7H12O2.C5H8O2.C3H5NO.C3H4O2/c1-3-5-6-9-7(8)4-2;1-4(2)5(6)7-3;2*1-2-3(4)5/h4H,2-3,5-6H2,1H3;1H2,2-3H3;2H,1H2,(H2,4,5);2H,1H2,(H,4,5). The Hall–Kier alpha value is -3.16. The van der Waals surface area contributed by atoms with Gasteiger partial charge in [0.05, 0.1) is 13.7 Å². The predicted molar refractivity (Wildman–Crippen MR) is 100 cm³/mol. The molecule has 0 heterocycles. The molecule has 8 heteroatoms. The van der Waals surface area contributed by atoms with Gasteiger partial charge in [0.25, 0.3) is 0 Å². The Balaban J connectivity index is -0.000000128. The highest BCUT2D eigenvalue weighted by Gasteiger charge is 1.95. The molecule has 0 aromatic carbocycles. The van der Waals surface area contributed by atoms with Gasteiger partial charge in [-0.1, -0.05) is 39.7 Å². The fourth-order valence-corrected chi connectivity index (χ4v) is 0.550. The predicted octanol–water partition coefficient (Wildman–Crippen LogP) is 2.17. The molecule has 0 unspecified atom stereocenters. The van der Waals surface area contributed by atoms with Gasteiger partial charge < -0.3 is 20.3 Å². The average Bonchev–Trinajstić information content (AvgIpc) is 2.62. The number of hydrogen-bond acceptors (Lipinski definition) is 6. The Labute approximate surface area is 154 Å². The molecule has 0 bridgehead atoms. The molecule has 0 aliphatic carbocycles. The maximum atomic E-state index is 10.3. The van der Waals surface area contributed by atoms with Crippen molar-refractivity contribution in [1.29, 1.82) is 0 Å². The summed E-state index contributed by atoms with van der Waals surface area (Å²) in [5, 5.41) is 7.60. The van der Waals surface area contributed by atoms with Crippen molar-refractivity contribution in [2.45, 2.75) is 26.7 Å². The molecule has 0 aliphatic rings. The third-order valence-electron chi connectivity index (χ3n) is 1.82. The van der Waals surface area contributed by atoms with E-state index < -0.39 is 11.9 Å². The molecular weight excluding hydrogens is 342 g/mol. The first-order valence-electron chi connectivity index (χ1n) is 7.34. The SMILES string of the molecule is C=C(C)C(=O)OC.C=CC(=O)O.C=CC(=O)OCCCC.C=CC(N)=O. The smallest absolute Gasteiger partial charge is 0.332 e. The van der Waals surface area contributed by atoms with Gasteiger partial charge in [-0.3, -0.25) is 4.79 Å². The quantitative estimate of drug-likeness (QED) is 0.398.